The van der Waals surface area contributed by atoms with E-state index in [2.05, 4.69) is 0 Å². The van der Waals surface area contributed by atoms with Crippen LogP contribution in [0.3, 0.4) is 0 Å². The van der Waals surface area contributed by atoms with Crippen molar-refractivity contribution in [1.82, 2.24) is 4.31 Å². The first-order chi connectivity index (χ1) is 8.97. The first-order valence-electron chi connectivity index (χ1n) is 5.62. The topological polar surface area (TPSA) is 113 Å². The molecule has 0 saturated heterocycles. The number of anilines is 1. The van der Waals surface area contributed by atoms with E-state index in [1.807, 2.05) is 0 Å². The molecule has 0 unspecified atom stereocenters. The zero-order valence-electron chi connectivity index (χ0n) is 10.6. The van der Waals surface area contributed by atoms with Gasteiger partial charge in [-0.1, -0.05) is 0 Å². The van der Waals surface area contributed by atoms with Crippen molar-refractivity contribution in [2.75, 3.05) is 39.1 Å². The predicted molar refractivity (Wildman–Crippen MR) is 70.3 cm³/mol. The number of hydrogen-bond acceptors (Lipinski definition) is 6. The Hall–Kier alpha value is -1.35. The molecule has 108 valence electrons. The van der Waals surface area contributed by atoms with Crippen molar-refractivity contribution in [3.8, 4) is 5.75 Å². The third-order valence-electron chi connectivity index (χ3n) is 2.50. The first-order valence-corrected chi connectivity index (χ1v) is 7.06. The monoisotopic (exact) mass is 290 g/mol. The zero-order valence-corrected chi connectivity index (χ0v) is 11.4. The number of nitrogens with zero attached hydrogens (tertiary/aromatic N) is 1. The van der Waals surface area contributed by atoms with E-state index in [1.165, 1.54) is 25.3 Å². The minimum atomic E-state index is -3.88. The summed E-state index contributed by atoms with van der Waals surface area (Å²) in [6, 6.07) is 4.27. The molecule has 1 rings (SSSR count). The van der Waals surface area contributed by atoms with E-state index in [4.69, 9.17) is 20.7 Å². The van der Waals surface area contributed by atoms with Gasteiger partial charge in [-0.2, -0.15) is 4.31 Å². The van der Waals surface area contributed by atoms with Gasteiger partial charge in [0.15, 0.2) is 0 Å². The van der Waals surface area contributed by atoms with Crippen LogP contribution in [0.1, 0.15) is 0 Å². The van der Waals surface area contributed by atoms with Crippen LogP contribution in [0.2, 0.25) is 0 Å². The number of sulfonamides is 1. The van der Waals surface area contributed by atoms with E-state index in [0.29, 0.717) is 0 Å². The molecular formula is C11H18N2O5S. The lowest BCUT2D eigenvalue weighted by Crippen LogP contribution is -2.36. The number of aliphatic hydroxyl groups excluding tert-OH is 2. The van der Waals surface area contributed by atoms with E-state index in [-0.39, 0.29) is 42.6 Å². The first kappa shape index (κ1) is 15.7. The van der Waals surface area contributed by atoms with Crippen molar-refractivity contribution >= 4 is 15.7 Å². The fraction of sp³-hybridized carbons (Fsp3) is 0.455. The van der Waals surface area contributed by atoms with Crippen molar-refractivity contribution in [2.24, 2.45) is 0 Å². The molecule has 1 aromatic rings. The van der Waals surface area contributed by atoms with E-state index < -0.39 is 10.0 Å². The minimum Gasteiger partial charge on any atom is -0.495 e. The van der Waals surface area contributed by atoms with E-state index in [1.54, 1.807) is 0 Å². The maximum atomic E-state index is 12.4. The van der Waals surface area contributed by atoms with Gasteiger partial charge in [0, 0.05) is 18.8 Å². The summed E-state index contributed by atoms with van der Waals surface area (Å²) in [4.78, 5) is -0.0862. The number of nitrogens with two attached hydrogens (primary N) is 1. The number of methoxy groups -OCH3 is 1. The van der Waals surface area contributed by atoms with Crippen molar-refractivity contribution in [3.05, 3.63) is 18.2 Å². The van der Waals surface area contributed by atoms with Gasteiger partial charge in [0.05, 0.1) is 20.3 Å². The van der Waals surface area contributed by atoms with Gasteiger partial charge >= 0.3 is 0 Å². The van der Waals surface area contributed by atoms with Gasteiger partial charge in [-0.05, 0) is 18.2 Å². The Morgan fingerprint density at radius 3 is 2.32 bits per heavy atom. The molecule has 0 heterocycles. The van der Waals surface area contributed by atoms with Crippen LogP contribution in [-0.2, 0) is 10.0 Å². The van der Waals surface area contributed by atoms with Gasteiger partial charge in [0.25, 0.3) is 0 Å². The highest BCUT2D eigenvalue weighted by molar-refractivity contribution is 7.89. The quantitative estimate of drug-likeness (QED) is 0.570. The summed E-state index contributed by atoms with van der Waals surface area (Å²) in [5, 5.41) is 17.8. The van der Waals surface area contributed by atoms with Crippen LogP contribution < -0.4 is 10.5 Å². The molecule has 8 heteroatoms. The van der Waals surface area contributed by atoms with Crippen molar-refractivity contribution in [1.29, 1.82) is 0 Å². The SMILES string of the molecule is COc1ccc(N)cc1S(=O)(=O)N(CCO)CCO. The fourth-order valence-electron chi connectivity index (χ4n) is 1.61. The molecule has 7 nitrogen and oxygen atoms in total. The summed E-state index contributed by atoms with van der Waals surface area (Å²) in [6.07, 6.45) is 0. The lowest BCUT2D eigenvalue weighted by atomic mass is 10.3. The summed E-state index contributed by atoms with van der Waals surface area (Å²) < 4.78 is 30.8. The second kappa shape index (κ2) is 6.71. The molecule has 0 aromatic heterocycles. The highest BCUT2D eigenvalue weighted by Crippen LogP contribution is 2.28. The number of aliphatic hydroxyl groups is 2. The van der Waals surface area contributed by atoms with Gasteiger partial charge < -0.3 is 20.7 Å². The van der Waals surface area contributed by atoms with E-state index >= 15 is 0 Å². The summed E-state index contributed by atoms with van der Waals surface area (Å²) in [7, 11) is -2.53. The molecule has 0 radical (unpaired) electrons. The number of ether oxygens (including phenoxy) is 1. The van der Waals surface area contributed by atoms with E-state index in [0.717, 1.165) is 4.31 Å². The Morgan fingerprint density at radius 2 is 1.84 bits per heavy atom. The van der Waals surface area contributed by atoms with E-state index in [9.17, 15) is 8.42 Å². The Bertz CT molecular complexity index is 512. The average Bonchev–Trinajstić information content (AvgIpc) is 2.38. The largest absolute Gasteiger partial charge is 0.495 e. The van der Waals surface area contributed by atoms with Gasteiger partial charge in [-0.25, -0.2) is 8.42 Å². The van der Waals surface area contributed by atoms with Gasteiger partial charge in [0.2, 0.25) is 10.0 Å². The molecule has 0 aliphatic rings. The Balaban J connectivity index is 3.27. The Kier molecular flexibility index (Phi) is 5.55. The van der Waals surface area contributed by atoms with Gasteiger partial charge in [0.1, 0.15) is 10.6 Å². The molecule has 19 heavy (non-hydrogen) atoms. The molecular weight excluding hydrogens is 272 g/mol. The van der Waals surface area contributed by atoms with Crippen LogP contribution in [0.4, 0.5) is 5.69 Å². The molecule has 0 saturated carbocycles. The smallest absolute Gasteiger partial charge is 0.246 e. The second-order valence-corrected chi connectivity index (χ2v) is 5.67. The van der Waals surface area contributed by atoms with Crippen LogP contribution in [0.25, 0.3) is 0 Å². The maximum Gasteiger partial charge on any atom is 0.246 e. The minimum absolute atomic E-state index is 0.0862. The standard InChI is InChI=1S/C11H18N2O5S/c1-18-10-3-2-9(12)8-11(10)19(16,17)13(4-6-14)5-7-15/h2-3,8,14-15H,4-7,12H2,1H3. The highest BCUT2D eigenvalue weighted by atomic mass is 32.2. The predicted octanol–water partition coefficient (Wildman–Crippen LogP) is -0.747. The van der Waals surface area contributed by atoms with Crippen LogP contribution in [0.5, 0.6) is 5.75 Å². The van der Waals surface area contributed by atoms with Gasteiger partial charge in [-0.3, -0.25) is 0 Å². The number of nitrogen functional groups attached to an aromatic ring is 1. The lowest BCUT2D eigenvalue weighted by molar-refractivity contribution is 0.217. The molecule has 0 bridgehead atoms. The summed E-state index contributed by atoms with van der Waals surface area (Å²) in [5.74, 6) is 0.162. The number of rotatable bonds is 7. The molecule has 1 aromatic carbocycles. The Labute approximate surface area is 112 Å². The van der Waals surface area contributed by atoms with Crippen LogP contribution in [0, 0.1) is 0 Å². The van der Waals surface area contributed by atoms with Crippen LogP contribution >= 0.6 is 0 Å². The van der Waals surface area contributed by atoms with Crippen LogP contribution in [-0.4, -0.2) is 56.3 Å². The van der Waals surface area contributed by atoms with Gasteiger partial charge in [-0.15, -0.1) is 0 Å². The van der Waals surface area contributed by atoms with Crippen LogP contribution in [0.15, 0.2) is 23.1 Å². The molecule has 0 aliphatic carbocycles. The average molecular weight is 290 g/mol. The summed E-state index contributed by atoms with van der Waals surface area (Å²) in [5.41, 5.74) is 5.87. The van der Waals surface area contributed by atoms with Crippen molar-refractivity contribution < 1.29 is 23.4 Å². The summed E-state index contributed by atoms with van der Waals surface area (Å²) >= 11 is 0. The molecule has 0 aliphatic heterocycles. The number of hydrogen-bond donors (Lipinski definition) is 3. The molecule has 0 fully saturated rings. The molecule has 4 N–H and O–H groups in total. The third kappa shape index (κ3) is 3.57. The molecule has 0 spiro atoms. The normalized spacial score (nSPS) is 11.8. The van der Waals surface area contributed by atoms with Crippen molar-refractivity contribution in [3.63, 3.8) is 0 Å². The highest BCUT2D eigenvalue weighted by Gasteiger charge is 2.27. The van der Waals surface area contributed by atoms with Crippen molar-refractivity contribution in [2.45, 2.75) is 4.90 Å². The molecule has 0 atom stereocenters. The molecule has 0 amide bonds. The third-order valence-corrected chi connectivity index (χ3v) is 4.42. The summed E-state index contributed by atoms with van der Waals surface area (Å²) in [6.45, 7) is -0.907. The second-order valence-electron chi connectivity index (χ2n) is 3.76. The number of benzene rings is 1. The Morgan fingerprint density at radius 1 is 1.26 bits per heavy atom. The fourth-order valence-corrected chi connectivity index (χ4v) is 3.22. The maximum absolute atomic E-state index is 12.4. The lowest BCUT2D eigenvalue weighted by Gasteiger charge is -2.21. The zero-order chi connectivity index (χ0) is 14.5.